The monoisotopic (exact) mass is 428 g/mol. The molecule has 172 valence electrons. The zero-order valence-corrected chi connectivity index (χ0v) is 23.8. The van der Waals surface area contributed by atoms with Gasteiger partial charge in [0, 0.05) is 16.9 Å². The van der Waals surface area contributed by atoms with E-state index in [9.17, 15) is 0 Å². The number of rotatable bonds is 16. The Bertz CT molecular complexity index is 263. The fraction of sp³-hybridized carbons (Fsp3) is 0.923. The molecular weight excluding hydrogens is 368 g/mol. The van der Waals surface area contributed by atoms with Gasteiger partial charge in [-0.3, -0.25) is 0 Å². The number of allylic oxidation sites excluding steroid dienone is 1. The summed E-state index contributed by atoms with van der Waals surface area (Å²) in [5.41, 5.74) is 0. The predicted octanol–water partition coefficient (Wildman–Crippen LogP) is 10.5. The third-order valence-electron chi connectivity index (χ3n) is 4.54. The van der Waals surface area contributed by atoms with Crippen molar-refractivity contribution in [3.05, 3.63) is 12.7 Å². The van der Waals surface area contributed by atoms with Gasteiger partial charge in [0.15, 0.2) is 0 Å². The molecule has 0 saturated carbocycles. The summed E-state index contributed by atoms with van der Waals surface area (Å²) in [5.74, 6) is 0. The van der Waals surface area contributed by atoms with E-state index in [1.165, 1.54) is 102 Å². The Balaban J connectivity index is -0.000000388. The van der Waals surface area contributed by atoms with Crippen molar-refractivity contribution in [3.63, 3.8) is 0 Å². The van der Waals surface area contributed by atoms with Gasteiger partial charge in [0.05, 0.1) is 0 Å². The molecule has 28 heavy (non-hydrogen) atoms. The predicted molar refractivity (Wildman–Crippen MR) is 144 cm³/mol. The SMILES string of the molecule is C=CCCCCCCCC.CCCCCCCCCC[Si](C)(C)C.C[SiH](C)C. The van der Waals surface area contributed by atoms with Crippen LogP contribution in [0.2, 0.25) is 45.3 Å². The van der Waals surface area contributed by atoms with Gasteiger partial charge in [0.25, 0.3) is 0 Å². The highest BCUT2D eigenvalue weighted by Gasteiger charge is 2.11. The first-order valence-electron chi connectivity index (χ1n) is 12.8. The molecule has 0 rings (SSSR count). The highest BCUT2D eigenvalue weighted by atomic mass is 28.3. The zero-order chi connectivity index (χ0) is 22.1. The minimum Gasteiger partial charge on any atom is -0.103 e. The third kappa shape index (κ3) is 50.2. The molecule has 0 heterocycles. The van der Waals surface area contributed by atoms with E-state index in [0.29, 0.717) is 0 Å². The molecule has 0 radical (unpaired) electrons. The molecule has 0 bridgehead atoms. The van der Waals surface area contributed by atoms with E-state index >= 15 is 0 Å². The van der Waals surface area contributed by atoms with Crippen molar-refractivity contribution in [2.75, 3.05) is 0 Å². The van der Waals surface area contributed by atoms with Crippen molar-refractivity contribution in [1.29, 1.82) is 0 Å². The van der Waals surface area contributed by atoms with Crippen molar-refractivity contribution in [2.24, 2.45) is 0 Å². The van der Waals surface area contributed by atoms with Crippen LogP contribution in [0, 0.1) is 0 Å². The Morgan fingerprint density at radius 1 is 0.607 bits per heavy atom. The lowest BCUT2D eigenvalue weighted by atomic mass is 10.1. The van der Waals surface area contributed by atoms with Gasteiger partial charge in [-0.15, -0.1) is 6.58 Å². The highest BCUT2D eigenvalue weighted by Crippen LogP contribution is 2.15. The van der Waals surface area contributed by atoms with E-state index in [4.69, 9.17) is 0 Å². The smallest absolute Gasteiger partial charge is 0.0442 e. The zero-order valence-electron chi connectivity index (χ0n) is 21.7. The first-order chi connectivity index (χ1) is 13.2. The van der Waals surface area contributed by atoms with Gasteiger partial charge < -0.3 is 0 Å². The van der Waals surface area contributed by atoms with Crippen molar-refractivity contribution in [1.82, 2.24) is 0 Å². The molecule has 0 amide bonds. The van der Waals surface area contributed by atoms with Crippen LogP contribution in [0.25, 0.3) is 0 Å². The summed E-state index contributed by atoms with van der Waals surface area (Å²) in [6.07, 6.45) is 23.2. The fourth-order valence-corrected chi connectivity index (χ4v) is 4.17. The van der Waals surface area contributed by atoms with Crippen LogP contribution in [0.3, 0.4) is 0 Å². The van der Waals surface area contributed by atoms with Gasteiger partial charge in [0.2, 0.25) is 0 Å². The number of unbranched alkanes of at least 4 members (excludes halogenated alkanes) is 13. The van der Waals surface area contributed by atoms with Crippen LogP contribution in [0.5, 0.6) is 0 Å². The minimum absolute atomic E-state index is 0.139. The van der Waals surface area contributed by atoms with Crippen LogP contribution < -0.4 is 0 Å². The average molecular weight is 429 g/mol. The van der Waals surface area contributed by atoms with E-state index in [-0.39, 0.29) is 8.80 Å². The summed E-state index contributed by atoms with van der Waals surface area (Å²) in [7, 11) is -0.877. The lowest BCUT2D eigenvalue weighted by Gasteiger charge is -2.14. The van der Waals surface area contributed by atoms with E-state index < -0.39 is 8.07 Å². The largest absolute Gasteiger partial charge is 0.103 e. The maximum atomic E-state index is 3.69. The summed E-state index contributed by atoms with van der Waals surface area (Å²) in [5, 5.41) is 0. The van der Waals surface area contributed by atoms with Crippen molar-refractivity contribution >= 4 is 16.9 Å². The lowest BCUT2D eigenvalue weighted by Crippen LogP contribution is -2.18. The van der Waals surface area contributed by atoms with Gasteiger partial charge in [0.1, 0.15) is 0 Å². The van der Waals surface area contributed by atoms with E-state index in [1.807, 2.05) is 6.08 Å². The molecule has 0 aromatic carbocycles. The summed E-state index contributed by atoms with van der Waals surface area (Å²) >= 11 is 0. The normalized spacial score (nSPS) is 10.8. The molecule has 0 aromatic rings. The Labute approximate surface area is 185 Å². The van der Waals surface area contributed by atoms with Gasteiger partial charge in [-0.2, -0.15) is 0 Å². The summed E-state index contributed by atoms with van der Waals surface area (Å²) in [6.45, 7) is 22.6. The topological polar surface area (TPSA) is 0 Å². The number of hydrogen-bond donors (Lipinski definition) is 0. The first kappa shape index (κ1) is 32.8. The molecule has 0 atom stereocenters. The summed E-state index contributed by atoms with van der Waals surface area (Å²) in [6, 6.07) is 1.53. The summed E-state index contributed by atoms with van der Waals surface area (Å²) in [4.78, 5) is 0. The average Bonchev–Trinajstić information content (AvgIpc) is 2.59. The van der Waals surface area contributed by atoms with Crippen LogP contribution in [0.4, 0.5) is 0 Å². The maximum absolute atomic E-state index is 3.69. The molecule has 0 saturated heterocycles. The van der Waals surface area contributed by atoms with Crippen LogP contribution in [-0.2, 0) is 0 Å². The second kappa shape index (κ2) is 27.2. The Morgan fingerprint density at radius 2 is 0.929 bits per heavy atom. The maximum Gasteiger partial charge on any atom is 0.0442 e. The molecule has 0 spiro atoms. The first-order valence-corrected chi connectivity index (χ1v) is 20.0. The molecular formula is C26H60Si2. The third-order valence-corrected chi connectivity index (χ3v) is 6.40. The van der Waals surface area contributed by atoms with Crippen molar-refractivity contribution in [2.45, 2.75) is 155 Å². The standard InChI is InChI=1S/C13H30Si.C10H20.C3H10Si/c1-5-6-7-8-9-10-11-12-13-14(2,3)4;1-3-5-7-9-10-8-6-4-2;1-4(2)3/h5-13H2,1-4H3;3H,1,4-10H2,2H3;4H,1-3H3. The van der Waals surface area contributed by atoms with Gasteiger partial charge >= 0.3 is 0 Å². The van der Waals surface area contributed by atoms with Gasteiger partial charge in [-0.25, -0.2) is 0 Å². The lowest BCUT2D eigenvalue weighted by molar-refractivity contribution is 0.584. The minimum atomic E-state index is -0.738. The second-order valence-corrected chi connectivity index (χ2v) is 19.4. The molecule has 0 unspecified atom stereocenters. The molecule has 0 aliphatic carbocycles. The second-order valence-electron chi connectivity index (χ2n) is 10.4. The van der Waals surface area contributed by atoms with Crippen LogP contribution in [0.15, 0.2) is 12.7 Å². The Kier molecular flexibility index (Phi) is 31.9. The van der Waals surface area contributed by atoms with Crippen molar-refractivity contribution < 1.29 is 0 Å². The molecule has 0 fully saturated rings. The van der Waals surface area contributed by atoms with Crippen LogP contribution >= 0.6 is 0 Å². The van der Waals surface area contributed by atoms with Gasteiger partial charge in [-0.1, -0.05) is 149 Å². The number of hydrogen-bond acceptors (Lipinski definition) is 0. The fourth-order valence-electron chi connectivity index (χ4n) is 2.86. The quantitative estimate of drug-likeness (QED) is 0.130. The van der Waals surface area contributed by atoms with Crippen molar-refractivity contribution in [3.8, 4) is 0 Å². The summed E-state index contributed by atoms with van der Waals surface area (Å²) < 4.78 is 0. The Hall–Kier alpha value is 0.174. The molecule has 0 aliphatic heterocycles. The van der Waals surface area contributed by atoms with Gasteiger partial charge in [-0.05, 0) is 12.8 Å². The van der Waals surface area contributed by atoms with E-state index in [1.54, 1.807) is 0 Å². The van der Waals surface area contributed by atoms with E-state index in [0.717, 1.165) is 0 Å². The Morgan fingerprint density at radius 3 is 1.25 bits per heavy atom. The molecule has 0 N–H and O–H groups in total. The molecule has 0 aromatic heterocycles. The van der Waals surface area contributed by atoms with E-state index in [2.05, 4.69) is 59.7 Å². The van der Waals surface area contributed by atoms with Crippen LogP contribution in [-0.4, -0.2) is 16.9 Å². The molecule has 2 heteroatoms. The highest BCUT2D eigenvalue weighted by molar-refractivity contribution is 6.76. The molecule has 0 nitrogen and oxygen atoms in total. The van der Waals surface area contributed by atoms with Crippen LogP contribution in [0.1, 0.15) is 110 Å². The molecule has 0 aliphatic rings.